The van der Waals surface area contributed by atoms with Gasteiger partial charge in [0.05, 0.1) is 33.2 Å². The Balaban J connectivity index is 2.74. The quantitative estimate of drug-likeness (QED) is 0.383. The van der Waals surface area contributed by atoms with Gasteiger partial charge >= 0.3 is 0 Å². The van der Waals surface area contributed by atoms with Crippen LogP contribution in [0.2, 0.25) is 0 Å². The van der Waals surface area contributed by atoms with Gasteiger partial charge in [0.25, 0.3) is 15.6 Å². The molecular weight excluding hydrogens is 385 g/mol. The van der Waals surface area contributed by atoms with Gasteiger partial charge in [-0.1, -0.05) is 0 Å². The van der Waals surface area contributed by atoms with Crippen LogP contribution in [0.15, 0.2) is 0 Å². The minimum Gasteiger partial charge on any atom is -0.790 e. The molecule has 0 spiro atoms. The van der Waals surface area contributed by atoms with Crippen LogP contribution >= 0.6 is 23.5 Å². The zero-order valence-electron chi connectivity index (χ0n) is 11.5. The zero-order valence-corrected chi connectivity index (χ0v) is 14.2. The molecule has 13 nitrogen and oxygen atoms in total. The van der Waals surface area contributed by atoms with Gasteiger partial charge in [0.15, 0.2) is 0 Å². The first-order valence-electron chi connectivity index (χ1n) is 5.88. The Hall–Kier alpha value is 0.290. The lowest BCUT2D eigenvalue weighted by molar-refractivity contribution is -0.339. The molecule has 0 amide bonds. The summed E-state index contributed by atoms with van der Waals surface area (Å²) in [5.41, 5.74) is -1.84. The van der Waals surface area contributed by atoms with Crippen LogP contribution in [0.1, 0.15) is 13.3 Å². The van der Waals surface area contributed by atoms with Crippen LogP contribution in [0.25, 0.3) is 0 Å². The Morgan fingerprint density at radius 1 is 1.17 bits per heavy atom. The smallest absolute Gasteiger partial charge is 0.278 e. The lowest BCUT2D eigenvalue weighted by atomic mass is 9.99. The van der Waals surface area contributed by atoms with E-state index in [2.05, 4.69) is 13.1 Å². The van der Waals surface area contributed by atoms with Gasteiger partial charge in [0, 0.05) is 6.42 Å². The second-order valence-corrected chi connectivity index (χ2v) is 8.93. The third-order valence-corrected chi connectivity index (χ3v) is 6.38. The molecule has 16 heteroatoms. The van der Waals surface area contributed by atoms with Gasteiger partial charge in [-0.15, -0.1) is 0 Å². The van der Waals surface area contributed by atoms with Gasteiger partial charge in [0.1, 0.15) is 5.60 Å². The van der Waals surface area contributed by atoms with Gasteiger partial charge in [-0.05, 0) is 6.92 Å². The number of aliphatic hydroxyl groups excluding tert-OH is 2. The highest BCUT2D eigenvalue weighted by molar-refractivity contribution is 7.64. The van der Waals surface area contributed by atoms with E-state index in [1.165, 1.54) is 6.92 Å². The summed E-state index contributed by atoms with van der Waals surface area (Å²) < 4.78 is 48.1. The number of ether oxygens (including phenoxy) is 1. The van der Waals surface area contributed by atoms with Crippen LogP contribution in [0.3, 0.4) is 0 Å². The van der Waals surface area contributed by atoms with Gasteiger partial charge in [-0.25, -0.2) is 4.31 Å². The van der Waals surface area contributed by atoms with Crippen molar-refractivity contribution in [3.05, 3.63) is 0 Å². The molecule has 1 aliphatic rings. The van der Waals surface area contributed by atoms with Crippen molar-refractivity contribution in [2.24, 2.45) is 0 Å². The largest absolute Gasteiger partial charge is 0.790 e. The average molecular weight is 398 g/mol. The molecule has 0 aromatic carbocycles. The van der Waals surface area contributed by atoms with Crippen molar-refractivity contribution < 1.29 is 61.4 Å². The van der Waals surface area contributed by atoms with E-state index in [0.29, 0.717) is 0 Å². The lowest BCUT2D eigenvalue weighted by Crippen LogP contribution is -2.47. The number of rotatable bonds is 8. The molecule has 23 heavy (non-hydrogen) atoms. The van der Waals surface area contributed by atoms with Crippen molar-refractivity contribution in [1.29, 1.82) is 0 Å². The van der Waals surface area contributed by atoms with Crippen LogP contribution in [-0.4, -0.2) is 41.2 Å². The Bertz CT molecular complexity index is 558. The molecule has 1 rings (SSSR count). The summed E-state index contributed by atoms with van der Waals surface area (Å²) >= 11 is 0. The van der Waals surface area contributed by atoms with Crippen molar-refractivity contribution in [1.82, 2.24) is 0 Å². The second kappa shape index (κ2) is 7.27. The molecule has 138 valence electrons. The maximum Gasteiger partial charge on any atom is 0.278 e. The Kier molecular flexibility index (Phi) is 6.74. The number of hydrogen-bond acceptors (Lipinski definition) is 13. The van der Waals surface area contributed by atoms with E-state index in [0.717, 1.165) is 0 Å². The van der Waals surface area contributed by atoms with Crippen LogP contribution in [0.5, 0.6) is 0 Å². The van der Waals surface area contributed by atoms with Crippen molar-refractivity contribution in [2.75, 3.05) is 13.2 Å². The number of phosphoric acid groups is 3. The standard InChI is InChI=1S/C7H17O13P3/c1-5-2-6(9)7(3-8,18-5)4-17-22(13,14)20-23(15,16)19-21(10,11)12/h5-6,8-9H,2-4H2,1H3,(H,13,14)(H,15,16)(H2,10,11,12)/p-4/t5-,6+,7+/m0/s1. The highest BCUT2D eigenvalue weighted by atomic mass is 31.3. The van der Waals surface area contributed by atoms with E-state index in [1.807, 2.05) is 0 Å². The highest BCUT2D eigenvalue weighted by Gasteiger charge is 2.47. The first-order chi connectivity index (χ1) is 10.2. The zero-order chi connectivity index (χ0) is 18.1. The molecule has 1 fully saturated rings. The molecule has 1 aliphatic heterocycles. The summed E-state index contributed by atoms with van der Waals surface area (Å²) in [6, 6.07) is 0. The predicted octanol–water partition coefficient (Wildman–Crippen LogP) is -3.30. The summed E-state index contributed by atoms with van der Waals surface area (Å²) in [6.45, 7) is -0.365. The molecule has 1 heterocycles. The van der Waals surface area contributed by atoms with E-state index < -0.39 is 54.5 Å². The van der Waals surface area contributed by atoms with E-state index in [4.69, 9.17) is 4.74 Å². The summed E-state index contributed by atoms with van der Waals surface area (Å²) in [7, 11) is -17.8. The van der Waals surface area contributed by atoms with Gasteiger partial charge in [0.2, 0.25) is 0 Å². The molecule has 0 aromatic rings. The molecular formula is C7H13O13P3-4. The van der Waals surface area contributed by atoms with E-state index >= 15 is 0 Å². The maximum absolute atomic E-state index is 11.4. The van der Waals surface area contributed by atoms with Crippen LogP contribution < -0.4 is 19.6 Å². The topological polar surface area (TPSA) is 221 Å². The Labute approximate surface area is 130 Å². The van der Waals surface area contributed by atoms with Gasteiger partial charge < -0.3 is 43.6 Å². The van der Waals surface area contributed by atoms with Crippen molar-refractivity contribution >= 4 is 23.5 Å². The summed E-state index contributed by atoms with van der Waals surface area (Å²) in [4.78, 5) is 42.6. The van der Waals surface area contributed by atoms with E-state index in [9.17, 15) is 43.5 Å². The molecule has 0 bridgehead atoms. The Morgan fingerprint density at radius 3 is 2.13 bits per heavy atom. The summed E-state index contributed by atoms with van der Waals surface area (Å²) in [5.74, 6) is 0. The molecule has 2 N–H and O–H groups in total. The minimum absolute atomic E-state index is 0.0483. The van der Waals surface area contributed by atoms with Crippen molar-refractivity contribution in [3.63, 3.8) is 0 Å². The minimum atomic E-state index is -6.07. The third kappa shape index (κ3) is 6.60. The van der Waals surface area contributed by atoms with E-state index in [-0.39, 0.29) is 6.42 Å². The average Bonchev–Trinajstić information content (AvgIpc) is 2.57. The fraction of sp³-hybridized carbons (Fsp3) is 1.00. The molecule has 2 unspecified atom stereocenters. The number of aliphatic hydroxyl groups is 2. The molecule has 1 saturated heterocycles. The van der Waals surface area contributed by atoms with Gasteiger partial charge in [-0.2, -0.15) is 0 Å². The fourth-order valence-electron chi connectivity index (χ4n) is 1.85. The monoisotopic (exact) mass is 398 g/mol. The molecule has 0 radical (unpaired) electrons. The van der Waals surface area contributed by atoms with E-state index in [1.54, 1.807) is 0 Å². The fourth-order valence-corrected chi connectivity index (χ4v) is 4.76. The second-order valence-electron chi connectivity index (χ2n) is 4.68. The number of hydrogen-bond donors (Lipinski definition) is 2. The molecule has 5 atom stereocenters. The molecule has 0 saturated carbocycles. The van der Waals surface area contributed by atoms with Crippen LogP contribution in [0.4, 0.5) is 0 Å². The van der Waals surface area contributed by atoms with Gasteiger partial charge in [-0.3, -0.25) is 13.4 Å². The highest BCUT2D eigenvalue weighted by Crippen LogP contribution is 2.60. The number of phosphoric ester groups is 1. The first-order valence-corrected chi connectivity index (χ1v) is 10.3. The maximum atomic E-state index is 11.4. The van der Waals surface area contributed by atoms with Crippen LogP contribution in [0, 0.1) is 0 Å². The molecule has 0 aromatic heterocycles. The van der Waals surface area contributed by atoms with Crippen LogP contribution in [-0.2, 0) is 31.6 Å². The Morgan fingerprint density at radius 2 is 1.74 bits per heavy atom. The SMILES string of the molecule is C[C@H]1C[C@@H](O)[C@@](CO)(COP(=O)([O-])OP(=O)([O-])OP(=O)([O-])[O-])O1. The summed E-state index contributed by atoms with van der Waals surface area (Å²) in [5, 5.41) is 19.0. The normalized spacial score (nSPS) is 34.0. The molecule has 0 aliphatic carbocycles. The lowest BCUT2D eigenvalue weighted by Gasteiger charge is -2.38. The van der Waals surface area contributed by atoms with Crippen molar-refractivity contribution in [3.8, 4) is 0 Å². The third-order valence-electron chi connectivity index (χ3n) is 2.73. The predicted molar refractivity (Wildman–Crippen MR) is 61.9 cm³/mol. The van der Waals surface area contributed by atoms with Crippen molar-refractivity contribution in [2.45, 2.75) is 31.2 Å². The first kappa shape index (κ1) is 21.3. The summed E-state index contributed by atoms with van der Waals surface area (Å²) in [6.07, 6.45) is -1.82.